The number of amides is 2. The van der Waals surface area contributed by atoms with Gasteiger partial charge in [-0.15, -0.1) is 12.4 Å². The fourth-order valence-electron chi connectivity index (χ4n) is 2.94. The standard InChI is InChI=1S/C17H23N3O2.ClH/c1-18-10-12-8-9-20(11-12)17(22)14-4-6-15(7-5-14)19-16(21)13-2-3-13;/h4-7,12-13,18H,2-3,8-11H2,1H3,(H,19,21);1H. The van der Waals surface area contributed by atoms with Crippen LogP contribution in [0.15, 0.2) is 24.3 Å². The van der Waals surface area contributed by atoms with Crippen LogP contribution in [0.5, 0.6) is 0 Å². The lowest BCUT2D eigenvalue weighted by Crippen LogP contribution is -2.30. The van der Waals surface area contributed by atoms with E-state index < -0.39 is 0 Å². The fraction of sp³-hybridized carbons (Fsp3) is 0.529. The first kappa shape index (κ1) is 17.8. The number of carbonyl (C=O) groups excluding carboxylic acids is 2. The van der Waals surface area contributed by atoms with Crippen LogP contribution in [0.1, 0.15) is 29.6 Å². The van der Waals surface area contributed by atoms with Crippen LogP contribution in [-0.4, -0.2) is 43.4 Å². The second-order valence-corrected chi connectivity index (χ2v) is 6.30. The topological polar surface area (TPSA) is 61.4 Å². The molecule has 1 unspecified atom stereocenters. The van der Waals surface area contributed by atoms with Crippen molar-refractivity contribution >= 4 is 29.9 Å². The van der Waals surface area contributed by atoms with Crippen molar-refractivity contribution in [2.45, 2.75) is 19.3 Å². The number of nitrogens with one attached hydrogen (secondary N) is 2. The lowest BCUT2D eigenvalue weighted by molar-refractivity contribution is -0.117. The summed E-state index contributed by atoms with van der Waals surface area (Å²) in [5, 5.41) is 6.06. The number of hydrogen-bond donors (Lipinski definition) is 2. The zero-order chi connectivity index (χ0) is 15.5. The molecule has 2 fully saturated rings. The van der Waals surface area contributed by atoms with E-state index in [1.54, 1.807) is 12.1 Å². The Morgan fingerprint density at radius 2 is 1.87 bits per heavy atom. The molecule has 1 saturated heterocycles. The van der Waals surface area contributed by atoms with Crippen molar-refractivity contribution in [1.82, 2.24) is 10.2 Å². The first-order valence-electron chi connectivity index (χ1n) is 8.02. The summed E-state index contributed by atoms with van der Waals surface area (Å²) < 4.78 is 0. The van der Waals surface area contributed by atoms with Gasteiger partial charge in [-0.2, -0.15) is 0 Å². The van der Waals surface area contributed by atoms with Gasteiger partial charge in [-0.1, -0.05) is 0 Å². The number of likely N-dealkylation sites (tertiary alicyclic amines) is 1. The normalized spacial score (nSPS) is 20.0. The van der Waals surface area contributed by atoms with E-state index in [1.165, 1.54) is 0 Å². The Bertz CT molecular complexity index is 557. The van der Waals surface area contributed by atoms with E-state index in [4.69, 9.17) is 0 Å². The van der Waals surface area contributed by atoms with Gasteiger partial charge in [0.1, 0.15) is 0 Å². The molecular weight excluding hydrogens is 314 g/mol. The Kier molecular flexibility index (Phi) is 6.02. The van der Waals surface area contributed by atoms with Crippen molar-refractivity contribution in [1.29, 1.82) is 0 Å². The fourth-order valence-corrected chi connectivity index (χ4v) is 2.94. The SMILES string of the molecule is CNCC1CCN(C(=O)c2ccc(NC(=O)C3CC3)cc2)C1.Cl. The van der Waals surface area contributed by atoms with E-state index in [0.29, 0.717) is 11.5 Å². The summed E-state index contributed by atoms with van der Waals surface area (Å²) in [6, 6.07) is 7.23. The molecule has 126 valence electrons. The van der Waals surface area contributed by atoms with Gasteiger partial charge < -0.3 is 15.5 Å². The predicted molar refractivity (Wildman–Crippen MR) is 93.0 cm³/mol. The zero-order valence-corrected chi connectivity index (χ0v) is 14.2. The second kappa shape index (κ2) is 7.79. The third-order valence-electron chi connectivity index (χ3n) is 4.41. The van der Waals surface area contributed by atoms with Crippen LogP contribution < -0.4 is 10.6 Å². The molecule has 0 radical (unpaired) electrons. The molecule has 2 amide bonds. The maximum atomic E-state index is 12.5. The van der Waals surface area contributed by atoms with Crippen LogP contribution >= 0.6 is 12.4 Å². The minimum absolute atomic E-state index is 0. The molecule has 1 aromatic rings. The molecule has 23 heavy (non-hydrogen) atoms. The van der Waals surface area contributed by atoms with Gasteiger partial charge in [0.2, 0.25) is 5.91 Å². The summed E-state index contributed by atoms with van der Waals surface area (Å²) in [6.07, 6.45) is 3.04. The van der Waals surface area contributed by atoms with E-state index in [0.717, 1.165) is 44.6 Å². The van der Waals surface area contributed by atoms with Crippen molar-refractivity contribution in [3.8, 4) is 0 Å². The van der Waals surface area contributed by atoms with E-state index >= 15 is 0 Å². The average molecular weight is 338 g/mol. The molecule has 0 spiro atoms. The molecule has 0 bridgehead atoms. The van der Waals surface area contributed by atoms with Crippen molar-refractivity contribution in [2.75, 3.05) is 32.0 Å². The van der Waals surface area contributed by atoms with E-state index in [9.17, 15) is 9.59 Å². The third kappa shape index (κ3) is 4.45. The van der Waals surface area contributed by atoms with Crippen LogP contribution in [0, 0.1) is 11.8 Å². The second-order valence-electron chi connectivity index (χ2n) is 6.30. The molecule has 1 atom stereocenters. The summed E-state index contributed by atoms with van der Waals surface area (Å²) in [5.74, 6) is 0.910. The quantitative estimate of drug-likeness (QED) is 0.865. The van der Waals surface area contributed by atoms with Gasteiger partial charge in [0, 0.05) is 30.3 Å². The first-order chi connectivity index (χ1) is 10.7. The molecular formula is C17H24ClN3O2. The molecule has 3 rings (SSSR count). The van der Waals surface area contributed by atoms with E-state index in [2.05, 4.69) is 10.6 Å². The van der Waals surface area contributed by atoms with E-state index in [1.807, 2.05) is 24.1 Å². The molecule has 2 aliphatic rings. The monoisotopic (exact) mass is 337 g/mol. The molecule has 1 aromatic carbocycles. The van der Waals surface area contributed by atoms with Crippen molar-refractivity contribution in [3.05, 3.63) is 29.8 Å². The molecule has 1 aliphatic carbocycles. The minimum atomic E-state index is 0. The van der Waals surface area contributed by atoms with Crippen LogP contribution in [-0.2, 0) is 4.79 Å². The molecule has 1 aliphatic heterocycles. The number of rotatable bonds is 5. The number of anilines is 1. The predicted octanol–water partition coefficient (Wildman–Crippen LogP) is 2.14. The number of nitrogens with zero attached hydrogens (tertiary/aromatic N) is 1. The Labute approximate surface area is 143 Å². The van der Waals surface area contributed by atoms with Gasteiger partial charge in [-0.25, -0.2) is 0 Å². The summed E-state index contributed by atoms with van der Waals surface area (Å²) >= 11 is 0. The average Bonchev–Trinajstić information content (AvgIpc) is 3.28. The Balaban J connectivity index is 0.00000192. The molecule has 5 nitrogen and oxygen atoms in total. The van der Waals surface area contributed by atoms with Crippen molar-refractivity contribution < 1.29 is 9.59 Å². The van der Waals surface area contributed by atoms with Gasteiger partial charge in [-0.05, 0) is 63.0 Å². The van der Waals surface area contributed by atoms with Crippen molar-refractivity contribution in [2.24, 2.45) is 11.8 Å². The van der Waals surface area contributed by atoms with Crippen LogP contribution in [0.3, 0.4) is 0 Å². The Hall–Kier alpha value is -1.59. The van der Waals surface area contributed by atoms with Crippen LogP contribution in [0.2, 0.25) is 0 Å². The number of halogens is 1. The first-order valence-corrected chi connectivity index (χ1v) is 8.02. The molecule has 2 N–H and O–H groups in total. The highest BCUT2D eigenvalue weighted by Gasteiger charge is 2.30. The van der Waals surface area contributed by atoms with Gasteiger partial charge in [0.05, 0.1) is 0 Å². The maximum absolute atomic E-state index is 12.5. The summed E-state index contributed by atoms with van der Waals surface area (Å²) in [4.78, 5) is 26.1. The molecule has 1 saturated carbocycles. The lowest BCUT2D eigenvalue weighted by Gasteiger charge is -2.17. The van der Waals surface area contributed by atoms with Gasteiger partial charge in [0.15, 0.2) is 0 Å². The van der Waals surface area contributed by atoms with E-state index in [-0.39, 0.29) is 30.1 Å². The maximum Gasteiger partial charge on any atom is 0.253 e. The van der Waals surface area contributed by atoms with Gasteiger partial charge >= 0.3 is 0 Å². The third-order valence-corrected chi connectivity index (χ3v) is 4.41. The highest BCUT2D eigenvalue weighted by atomic mass is 35.5. The number of hydrogen-bond acceptors (Lipinski definition) is 3. The van der Waals surface area contributed by atoms with Gasteiger partial charge in [0.25, 0.3) is 5.91 Å². The van der Waals surface area contributed by atoms with Crippen LogP contribution in [0.4, 0.5) is 5.69 Å². The lowest BCUT2D eigenvalue weighted by atomic mass is 10.1. The highest BCUT2D eigenvalue weighted by molar-refractivity contribution is 5.96. The van der Waals surface area contributed by atoms with Gasteiger partial charge in [-0.3, -0.25) is 9.59 Å². The molecule has 1 heterocycles. The number of carbonyl (C=O) groups is 2. The summed E-state index contributed by atoms with van der Waals surface area (Å²) in [5.41, 5.74) is 1.46. The van der Waals surface area contributed by atoms with Crippen molar-refractivity contribution in [3.63, 3.8) is 0 Å². The minimum Gasteiger partial charge on any atom is -0.338 e. The summed E-state index contributed by atoms with van der Waals surface area (Å²) in [7, 11) is 1.94. The molecule has 0 aromatic heterocycles. The Morgan fingerprint density at radius 1 is 1.17 bits per heavy atom. The number of benzene rings is 1. The summed E-state index contributed by atoms with van der Waals surface area (Å²) in [6.45, 7) is 2.60. The highest BCUT2D eigenvalue weighted by Crippen LogP contribution is 2.30. The largest absolute Gasteiger partial charge is 0.338 e. The molecule has 6 heteroatoms. The van der Waals surface area contributed by atoms with Crippen LogP contribution in [0.25, 0.3) is 0 Å². The smallest absolute Gasteiger partial charge is 0.253 e. The Morgan fingerprint density at radius 3 is 2.48 bits per heavy atom. The zero-order valence-electron chi connectivity index (χ0n) is 13.4.